The van der Waals surface area contributed by atoms with Gasteiger partial charge in [0.25, 0.3) is 5.91 Å². The molecular formula is C20H22N2O3S. The van der Waals surface area contributed by atoms with Gasteiger partial charge in [-0.3, -0.25) is 4.79 Å². The van der Waals surface area contributed by atoms with Crippen LogP contribution in [0.3, 0.4) is 0 Å². The van der Waals surface area contributed by atoms with Crippen molar-refractivity contribution in [3.05, 3.63) is 40.9 Å². The summed E-state index contributed by atoms with van der Waals surface area (Å²) in [6, 6.07) is 9.12. The van der Waals surface area contributed by atoms with Crippen molar-refractivity contribution < 1.29 is 14.7 Å². The molecule has 3 unspecified atom stereocenters. The third kappa shape index (κ3) is 2.92. The van der Waals surface area contributed by atoms with Gasteiger partial charge in [0.15, 0.2) is 0 Å². The zero-order valence-corrected chi connectivity index (χ0v) is 15.5. The number of carboxylic acids is 1. The van der Waals surface area contributed by atoms with Crippen LogP contribution < -0.4 is 0 Å². The van der Waals surface area contributed by atoms with Crippen LogP contribution in [0, 0.1) is 12.8 Å². The van der Waals surface area contributed by atoms with E-state index < -0.39 is 12.0 Å². The Hall–Kier alpha value is -2.21. The van der Waals surface area contributed by atoms with E-state index >= 15 is 0 Å². The maximum atomic E-state index is 13.3. The summed E-state index contributed by atoms with van der Waals surface area (Å²) in [6.45, 7) is 1.83. The van der Waals surface area contributed by atoms with Crippen molar-refractivity contribution in [3.8, 4) is 10.6 Å². The van der Waals surface area contributed by atoms with E-state index in [0.717, 1.165) is 36.3 Å². The molecular weight excluding hydrogens is 348 g/mol. The SMILES string of the molecule is Cc1nc(-c2ccccc2)sc1C(=O)N1C(C(=O)O)CC2CCCCC21. The fourth-order valence-corrected chi connectivity index (χ4v) is 5.40. The van der Waals surface area contributed by atoms with E-state index in [1.807, 2.05) is 37.3 Å². The highest BCUT2D eigenvalue weighted by Gasteiger charge is 2.48. The average molecular weight is 370 g/mol. The first-order valence-corrected chi connectivity index (χ1v) is 9.96. The summed E-state index contributed by atoms with van der Waals surface area (Å²) < 4.78 is 0. The Morgan fingerprint density at radius 1 is 1.19 bits per heavy atom. The maximum absolute atomic E-state index is 13.3. The number of aliphatic carboxylic acids is 1. The Bertz CT molecular complexity index is 833. The lowest BCUT2D eigenvalue weighted by Gasteiger charge is -2.32. The molecule has 0 spiro atoms. The van der Waals surface area contributed by atoms with Crippen LogP contribution in [0.5, 0.6) is 0 Å². The van der Waals surface area contributed by atoms with Gasteiger partial charge < -0.3 is 10.0 Å². The first-order chi connectivity index (χ1) is 12.6. The van der Waals surface area contributed by atoms with Gasteiger partial charge in [0.1, 0.15) is 15.9 Å². The van der Waals surface area contributed by atoms with E-state index in [4.69, 9.17) is 0 Å². The average Bonchev–Trinajstić information content (AvgIpc) is 3.23. The predicted molar refractivity (Wildman–Crippen MR) is 100 cm³/mol. The van der Waals surface area contributed by atoms with Crippen molar-refractivity contribution in [1.29, 1.82) is 0 Å². The molecule has 1 saturated carbocycles. The van der Waals surface area contributed by atoms with Gasteiger partial charge in [-0.1, -0.05) is 43.2 Å². The highest BCUT2D eigenvalue weighted by atomic mass is 32.1. The summed E-state index contributed by atoms with van der Waals surface area (Å²) in [5.74, 6) is -0.738. The van der Waals surface area contributed by atoms with E-state index in [1.165, 1.54) is 11.3 Å². The van der Waals surface area contributed by atoms with E-state index in [2.05, 4.69) is 4.98 Å². The van der Waals surface area contributed by atoms with E-state index in [0.29, 0.717) is 22.9 Å². The Kier molecular flexibility index (Phi) is 4.53. The van der Waals surface area contributed by atoms with Gasteiger partial charge in [-0.2, -0.15) is 0 Å². The number of aromatic nitrogens is 1. The number of fused-ring (bicyclic) bond motifs is 1. The van der Waals surface area contributed by atoms with Crippen LogP contribution in [-0.2, 0) is 4.79 Å². The fourth-order valence-electron chi connectivity index (χ4n) is 4.39. The zero-order valence-electron chi connectivity index (χ0n) is 14.7. The lowest BCUT2D eigenvalue weighted by atomic mass is 9.85. The van der Waals surface area contributed by atoms with Gasteiger partial charge in [0.2, 0.25) is 0 Å². The summed E-state index contributed by atoms with van der Waals surface area (Å²) in [5.41, 5.74) is 1.66. The predicted octanol–water partition coefficient (Wildman–Crippen LogP) is 3.98. The summed E-state index contributed by atoms with van der Waals surface area (Å²) in [4.78, 5) is 31.9. The van der Waals surface area contributed by atoms with Crippen molar-refractivity contribution in [2.45, 2.75) is 51.1 Å². The Balaban J connectivity index is 1.68. The molecule has 2 heterocycles. The first-order valence-electron chi connectivity index (χ1n) is 9.14. The monoisotopic (exact) mass is 370 g/mol. The molecule has 136 valence electrons. The number of thiazole rings is 1. The van der Waals surface area contributed by atoms with Gasteiger partial charge in [0, 0.05) is 11.6 Å². The second kappa shape index (κ2) is 6.83. The molecule has 0 radical (unpaired) electrons. The number of nitrogens with zero attached hydrogens (tertiary/aromatic N) is 2. The number of benzene rings is 1. The van der Waals surface area contributed by atoms with Gasteiger partial charge in [-0.25, -0.2) is 9.78 Å². The molecule has 1 amide bonds. The smallest absolute Gasteiger partial charge is 0.326 e. The van der Waals surface area contributed by atoms with Gasteiger partial charge in [-0.15, -0.1) is 11.3 Å². The molecule has 1 saturated heterocycles. The van der Waals surface area contributed by atoms with Gasteiger partial charge in [-0.05, 0) is 32.1 Å². The van der Waals surface area contributed by atoms with Crippen molar-refractivity contribution >= 4 is 23.2 Å². The number of carboxylic acid groups (broad SMARTS) is 1. The van der Waals surface area contributed by atoms with Crippen LogP contribution in [0.1, 0.15) is 47.5 Å². The Labute approximate surface area is 156 Å². The van der Waals surface area contributed by atoms with Crippen LogP contribution in [-0.4, -0.2) is 39.0 Å². The van der Waals surface area contributed by atoms with Crippen molar-refractivity contribution in [2.24, 2.45) is 5.92 Å². The number of likely N-dealkylation sites (tertiary alicyclic amines) is 1. The minimum absolute atomic E-state index is 0.0547. The Morgan fingerprint density at radius 3 is 2.65 bits per heavy atom. The number of amides is 1. The van der Waals surface area contributed by atoms with E-state index in [1.54, 1.807) is 4.90 Å². The third-order valence-corrected chi connectivity index (χ3v) is 6.81. The van der Waals surface area contributed by atoms with E-state index in [-0.39, 0.29) is 11.9 Å². The molecule has 1 N–H and O–H groups in total. The topological polar surface area (TPSA) is 70.5 Å². The molecule has 0 bridgehead atoms. The quantitative estimate of drug-likeness (QED) is 0.887. The van der Waals surface area contributed by atoms with Crippen LogP contribution in [0.4, 0.5) is 0 Å². The molecule has 1 aliphatic heterocycles. The number of carbonyl (C=O) groups is 2. The maximum Gasteiger partial charge on any atom is 0.326 e. The highest BCUT2D eigenvalue weighted by molar-refractivity contribution is 7.17. The zero-order chi connectivity index (χ0) is 18.3. The molecule has 26 heavy (non-hydrogen) atoms. The van der Waals surface area contributed by atoms with Crippen molar-refractivity contribution in [1.82, 2.24) is 9.88 Å². The molecule has 5 nitrogen and oxygen atoms in total. The van der Waals surface area contributed by atoms with Crippen LogP contribution >= 0.6 is 11.3 Å². The number of hydrogen-bond donors (Lipinski definition) is 1. The number of hydrogen-bond acceptors (Lipinski definition) is 4. The summed E-state index contributed by atoms with van der Waals surface area (Å²) in [5, 5.41) is 10.5. The summed E-state index contributed by atoms with van der Waals surface area (Å²) in [6.07, 6.45) is 4.70. The summed E-state index contributed by atoms with van der Waals surface area (Å²) in [7, 11) is 0. The molecule has 4 rings (SSSR count). The van der Waals surface area contributed by atoms with Gasteiger partial charge >= 0.3 is 5.97 Å². The molecule has 2 aromatic rings. The normalized spacial score (nSPS) is 25.1. The minimum atomic E-state index is -0.891. The fraction of sp³-hybridized carbons (Fsp3) is 0.450. The van der Waals surface area contributed by atoms with Crippen LogP contribution in [0.2, 0.25) is 0 Å². The molecule has 1 aliphatic carbocycles. The first kappa shape index (κ1) is 17.2. The number of aryl methyl sites for hydroxylation is 1. The third-order valence-electron chi connectivity index (χ3n) is 5.62. The molecule has 2 fully saturated rings. The standard InChI is InChI=1S/C20H22N2O3S/c1-12-17(26-18(21-12)13-7-3-2-4-8-13)19(23)22-15-10-6-5-9-14(15)11-16(22)20(24)25/h2-4,7-8,14-16H,5-6,9-11H2,1H3,(H,24,25). The molecule has 3 atom stereocenters. The minimum Gasteiger partial charge on any atom is -0.480 e. The second-order valence-electron chi connectivity index (χ2n) is 7.21. The van der Waals surface area contributed by atoms with Crippen LogP contribution in [0.25, 0.3) is 10.6 Å². The van der Waals surface area contributed by atoms with E-state index in [9.17, 15) is 14.7 Å². The molecule has 1 aromatic heterocycles. The molecule has 2 aliphatic rings. The lowest BCUT2D eigenvalue weighted by molar-refractivity contribution is -0.141. The van der Waals surface area contributed by atoms with Crippen molar-refractivity contribution in [3.63, 3.8) is 0 Å². The van der Waals surface area contributed by atoms with Gasteiger partial charge in [0.05, 0.1) is 5.69 Å². The second-order valence-corrected chi connectivity index (χ2v) is 8.21. The lowest BCUT2D eigenvalue weighted by Crippen LogP contribution is -2.46. The highest BCUT2D eigenvalue weighted by Crippen LogP contribution is 2.41. The molecule has 1 aromatic carbocycles. The largest absolute Gasteiger partial charge is 0.480 e. The molecule has 6 heteroatoms. The van der Waals surface area contributed by atoms with Crippen molar-refractivity contribution in [2.75, 3.05) is 0 Å². The Morgan fingerprint density at radius 2 is 1.92 bits per heavy atom. The number of carbonyl (C=O) groups excluding carboxylic acids is 1. The summed E-state index contributed by atoms with van der Waals surface area (Å²) >= 11 is 1.37. The number of rotatable bonds is 3. The van der Waals surface area contributed by atoms with Crippen LogP contribution in [0.15, 0.2) is 30.3 Å².